The summed E-state index contributed by atoms with van der Waals surface area (Å²) in [6.45, 7) is 17.4. The highest BCUT2D eigenvalue weighted by Crippen LogP contribution is 2.63. The second kappa shape index (κ2) is 12.5. The number of hydrogen-bond acceptors (Lipinski definition) is 5. The third-order valence-corrected chi connectivity index (χ3v) is 9.22. The van der Waals surface area contributed by atoms with Crippen LogP contribution in [0.4, 0.5) is 5.69 Å². The molecule has 2 unspecified atom stereocenters. The Balaban J connectivity index is 1.80. The zero-order chi connectivity index (χ0) is 29.9. The maximum atomic E-state index is 14.7. The van der Waals surface area contributed by atoms with Gasteiger partial charge >= 0.3 is 0 Å². The first kappa shape index (κ1) is 31.0. The monoisotopic (exact) mass is 565 g/mol. The van der Waals surface area contributed by atoms with Gasteiger partial charge in [0.25, 0.3) is 5.91 Å². The SMILES string of the molecule is C=CCN(CCC)C(=O)[C@H]1[C@H]2C(=O)N(CCCCCO)C(C(=O)N(CC=C)c3cc(C)ccc3C)C23CC[C@]1(C)O3. The second-order valence-electron chi connectivity index (χ2n) is 12.1. The Kier molecular flexibility index (Phi) is 9.44. The molecule has 8 heteroatoms. The van der Waals surface area contributed by atoms with Crippen molar-refractivity contribution in [1.29, 1.82) is 0 Å². The van der Waals surface area contributed by atoms with Gasteiger partial charge in [-0.05, 0) is 76.5 Å². The summed E-state index contributed by atoms with van der Waals surface area (Å²) in [4.78, 5) is 48.4. The molecule has 3 aliphatic heterocycles. The van der Waals surface area contributed by atoms with Crippen LogP contribution in [0.25, 0.3) is 0 Å². The Morgan fingerprint density at radius 2 is 1.85 bits per heavy atom. The van der Waals surface area contributed by atoms with E-state index in [-0.39, 0.29) is 30.9 Å². The van der Waals surface area contributed by atoms with Crippen LogP contribution in [0.5, 0.6) is 0 Å². The molecular weight excluding hydrogens is 518 g/mol. The number of rotatable bonds is 14. The highest BCUT2D eigenvalue weighted by atomic mass is 16.5. The normalized spacial score (nSPS) is 28.1. The van der Waals surface area contributed by atoms with E-state index >= 15 is 0 Å². The lowest BCUT2D eigenvalue weighted by Gasteiger charge is -2.37. The maximum absolute atomic E-state index is 14.7. The van der Waals surface area contributed by atoms with Gasteiger partial charge in [0.1, 0.15) is 11.6 Å². The van der Waals surface area contributed by atoms with Gasteiger partial charge in [-0.1, -0.05) is 31.2 Å². The van der Waals surface area contributed by atoms with Crippen molar-refractivity contribution in [3.63, 3.8) is 0 Å². The Hall–Kier alpha value is -2.97. The quantitative estimate of drug-likeness (QED) is 0.270. The molecule has 8 nitrogen and oxygen atoms in total. The van der Waals surface area contributed by atoms with Crippen molar-refractivity contribution in [3.8, 4) is 0 Å². The van der Waals surface area contributed by atoms with E-state index in [4.69, 9.17) is 4.74 Å². The van der Waals surface area contributed by atoms with E-state index in [1.165, 1.54) is 0 Å². The summed E-state index contributed by atoms with van der Waals surface area (Å²) in [5.74, 6) is -1.87. The molecule has 1 spiro atoms. The molecule has 1 N–H and O–H groups in total. The minimum Gasteiger partial charge on any atom is -0.396 e. The van der Waals surface area contributed by atoms with E-state index < -0.39 is 29.1 Å². The van der Waals surface area contributed by atoms with Crippen LogP contribution in [0, 0.1) is 25.7 Å². The molecule has 3 aliphatic rings. The number of hydrogen-bond donors (Lipinski definition) is 1. The fourth-order valence-corrected chi connectivity index (χ4v) is 7.40. The third-order valence-electron chi connectivity index (χ3n) is 9.22. The van der Waals surface area contributed by atoms with Crippen molar-refractivity contribution in [2.75, 3.05) is 37.7 Å². The lowest BCUT2D eigenvalue weighted by molar-refractivity contribution is -0.149. The number of benzene rings is 1. The number of ether oxygens (including phenoxy) is 1. The predicted octanol–water partition coefficient (Wildman–Crippen LogP) is 4.17. The van der Waals surface area contributed by atoms with Crippen molar-refractivity contribution in [3.05, 3.63) is 54.6 Å². The first-order chi connectivity index (χ1) is 19.6. The third kappa shape index (κ3) is 5.37. The van der Waals surface area contributed by atoms with E-state index in [2.05, 4.69) is 13.2 Å². The summed E-state index contributed by atoms with van der Waals surface area (Å²) in [7, 11) is 0. The van der Waals surface area contributed by atoms with Crippen LogP contribution in [0.2, 0.25) is 0 Å². The van der Waals surface area contributed by atoms with Crippen LogP contribution in [-0.4, -0.2) is 82.7 Å². The average Bonchev–Trinajstić information content (AvgIpc) is 3.51. The van der Waals surface area contributed by atoms with Crippen molar-refractivity contribution in [1.82, 2.24) is 9.80 Å². The van der Waals surface area contributed by atoms with Crippen molar-refractivity contribution in [2.45, 2.75) is 83.5 Å². The molecule has 2 bridgehead atoms. The van der Waals surface area contributed by atoms with Crippen molar-refractivity contribution >= 4 is 23.4 Å². The van der Waals surface area contributed by atoms with Gasteiger partial charge in [0.05, 0.1) is 17.4 Å². The number of aliphatic hydroxyl groups is 1. The molecule has 0 saturated carbocycles. The topological polar surface area (TPSA) is 90.4 Å². The molecule has 0 aromatic heterocycles. The molecule has 3 amide bonds. The number of nitrogens with zero attached hydrogens (tertiary/aromatic N) is 3. The van der Waals surface area contributed by atoms with Gasteiger partial charge in [-0.25, -0.2) is 0 Å². The standard InChI is InChI=1S/C33H47N3O5/c1-7-17-34(18-8-2)29(38)26-27-30(39)36(20-11-10-12-21-37)28(33(27)16-15-32(26,6)41-33)31(40)35(19-9-3)25-22-23(4)13-14-24(25)5/h7,9,13-14,22,26-28,37H,1,3,8,10-12,15-21H2,2,4-6H3/t26-,27+,28?,32+,33?/m1/s1. The minimum absolute atomic E-state index is 0.0806. The van der Waals surface area contributed by atoms with E-state index in [0.29, 0.717) is 45.3 Å². The van der Waals surface area contributed by atoms with Crippen LogP contribution < -0.4 is 4.90 Å². The molecule has 4 rings (SSSR count). The molecule has 0 aliphatic carbocycles. The van der Waals surface area contributed by atoms with Gasteiger partial charge in [0.15, 0.2) is 0 Å². The number of aliphatic hydroxyl groups excluding tert-OH is 1. The molecule has 3 fully saturated rings. The molecule has 1 aromatic rings. The van der Waals surface area contributed by atoms with E-state index in [1.807, 2.05) is 45.9 Å². The number of aryl methyl sites for hydroxylation is 2. The molecule has 3 saturated heterocycles. The summed E-state index contributed by atoms with van der Waals surface area (Å²) in [6, 6.07) is 5.15. The second-order valence-corrected chi connectivity index (χ2v) is 12.1. The van der Waals surface area contributed by atoms with E-state index in [0.717, 1.165) is 29.7 Å². The largest absolute Gasteiger partial charge is 0.396 e. The molecule has 1 aromatic carbocycles. The molecule has 224 valence electrons. The van der Waals surface area contributed by atoms with Crippen LogP contribution in [0.3, 0.4) is 0 Å². The first-order valence-electron chi connectivity index (χ1n) is 15.1. The van der Waals surface area contributed by atoms with Gasteiger partial charge in [-0.3, -0.25) is 14.4 Å². The smallest absolute Gasteiger partial charge is 0.253 e. The lowest BCUT2D eigenvalue weighted by atomic mass is 9.66. The Bertz CT molecular complexity index is 1180. The highest BCUT2D eigenvalue weighted by molar-refractivity contribution is 6.05. The van der Waals surface area contributed by atoms with Gasteiger partial charge in [0, 0.05) is 38.5 Å². The van der Waals surface area contributed by atoms with Crippen LogP contribution in [0.1, 0.15) is 63.5 Å². The number of likely N-dealkylation sites (tertiary alicyclic amines) is 1. The van der Waals surface area contributed by atoms with Gasteiger partial charge < -0.3 is 24.5 Å². The van der Waals surface area contributed by atoms with Crippen LogP contribution >= 0.6 is 0 Å². The summed E-state index contributed by atoms with van der Waals surface area (Å²) < 4.78 is 6.84. The molecule has 5 atom stereocenters. The molecule has 0 radical (unpaired) electrons. The van der Waals surface area contributed by atoms with E-state index in [1.54, 1.807) is 26.9 Å². The molecule has 41 heavy (non-hydrogen) atoms. The summed E-state index contributed by atoms with van der Waals surface area (Å²) in [6.07, 6.45) is 7.37. The number of unbranched alkanes of at least 4 members (excludes halogenated alkanes) is 2. The first-order valence-corrected chi connectivity index (χ1v) is 15.1. The van der Waals surface area contributed by atoms with E-state index in [9.17, 15) is 19.5 Å². The van der Waals surface area contributed by atoms with Crippen molar-refractivity contribution < 1.29 is 24.2 Å². The highest BCUT2D eigenvalue weighted by Gasteiger charge is 2.78. The fourth-order valence-electron chi connectivity index (χ4n) is 7.40. The number of carbonyl (C=O) groups is 3. The summed E-state index contributed by atoms with van der Waals surface area (Å²) in [5, 5.41) is 9.32. The number of amides is 3. The Morgan fingerprint density at radius 3 is 2.51 bits per heavy atom. The van der Waals surface area contributed by atoms with Gasteiger partial charge in [-0.2, -0.15) is 0 Å². The number of fused-ring (bicyclic) bond motifs is 1. The maximum Gasteiger partial charge on any atom is 0.253 e. The zero-order valence-electron chi connectivity index (χ0n) is 25.2. The average molecular weight is 566 g/mol. The van der Waals surface area contributed by atoms with Crippen LogP contribution in [0.15, 0.2) is 43.5 Å². The van der Waals surface area contributed by atoms with Gasteiger partial charge in [-0.15, -0.1) is 13.2 Å². The zero-order valence-corrected chi connectivity index (χ0v) is 25.2. The van der Waals surface area contributed by atoms with Crippen LogP contribution in [-0.2, 0) is 19.1 Å². The summed E-state index contributed by atoms with van der Waals surface area (Å²) >= 11 is 0. The Labute approximate surface area is 245 Å². The lowest BCUT2D eigenvalue weighted by Crippen LogP contribution is -2.56. The minimum atomic E-state index is -1.08. The van der Waals surface area contributed by atoms with Gasteiger partial charge in [0.2, 0.25) is 11.8 Å². The molecule has 3 heterocycles. The predicted molar refractivity (Wildman–Crippen MR) is 160 cm³/mol. The fraction of sp³-hybridized carbons (Fsp3) is 0.606. The number of anilines is 1. The Morgan fingerprint density at radius 1 is 1.12 bits per heavy atom. The summed E-state index contributed by atoms with van der Waals surface area (Å²) in [5.41, 5.74) is 0.864. The van der Waals surface area contributed by atoms with Crippen molar-refractivity contribution in [2.24, 2.45) is 11.8 Å². The molecular formula is C33H47N3O5. The number of carbonyl (C=O) groups excluding carboxylic acids is 3.